The first kappa shape index (κ1) is 7.86. The minimum Gasteiger partial charge on any atom is -0.156 e. The van der Waals surface area contributed by atoms with Gasteiger partial charge >= 0.3 is 8.03 Å². The molecule has 0 bridgehead atoms. The summed E-state index contributed by atoms with van der Waals surface area (Å²) in [5.41, 5.74) is 0. The Morgan fingerprint density at radius 2 is 2.00 bits per heavy atom. The van der Waals surface area contributed by atoms with Gasteiger partial charge in [0.25, 0.3) is 0 Å². The lowest BCUT2D eigenvalue weighted by Crippen LogP contribution is -1.95. The topological polar surface area (TPSA) is 37.3 Å². The molecule has 52 valence electrons. The van der Waals surface area contributed by atoms with Gasteiger partial charge in [-0.3, -0.25) is 0 Å². The Morgan fingerprint density at radius 1 is 1.40 bits per heavy atom. The molecule has 1 aromatic carbocycles. The van der Waals surface area contributed by atoms with Crippen LogP contribution in [0.25, 0.3) is 0 Å². The molecule has 0 saturated carbocycles. The van der Waals surface area contributed by atoms with Crippen LogP contribution in [0.2, 0.25) is 0 Å². The van der Waals surface area contributed by atoms with Crippen LogP contribution in [0, 0.1) is 0 Å². The van der Waals surface area contributed by atoms with Crippen LogP contribution >= 0.6 is 24.0 Å². The van der Waals surface area contributed by atoms with Gasteiger partial charge in [-0.25, -0.2) is 0 Å². The van der Waals surface area contributed by atoms with Crippen molar-refractivity contribution in [2.24, 2.45) is 0 Å². The third-order valence-corrected chi connectivity index (χ3v) is 2.86. The predicted octanol–water partition coefficient (Wildman–Crippen LogP) is 1.81. The molecule has 10 heavy (non-hydrogen) atoms. The highest BCUT2D eigenvalue weighted by Gasteiger charge is 2.18. The van der Waals surface area contributed by atoms with Crippen LogP contribution in [-0.2, 0) is 4.57 Å². The van der Waals surface area contributed by atoms with E-state index >= 15 is 0 Å². The largest absolute Gasteiger partial charge is 0.547 e. The highest BCUT2D eigenvalue weighted by Crippen LogP contribution is 2.19. The van der Waals surface area contributed by atoms with E-state index in [4.69, 9.17) is 4.89 Å². The molecule has 0 fully saturated rings. The SMILES string of the molecule is O=[P+](O)c1ccccc1Br. The third kappa shape index (κ3) is 1.63. The highest BCUT2D eigenvalue weighted by atomic mass is 79.9. The monoisotopic (exact) mass is 219 g/mol. The molecule has 1 aromatic rings. The van der Waals surface area contributed by atoms with Crippen molar-refractivity contribution in [3.05, 3.63) is 28.7 Å². The first-order valence-electron chi connectivity index (χ1n) is 2.62. The minimum atomic E-state index is -2.21. The smallest absolute Gasteiger partial charge is 0.156 e. The summed E-state index contributed by atoms with van der Waals surface area (Å²) in [6, 6.07) is 6.87. The van der Waals surface area contributed by atoms with Crippen LogP contribution in [0.4, 0.5) is 0 Å². The summed E-state index contributed by atoms with van der Waals surface area (Å²) in [6.07, 6.45) is 0. The third-order valence-electron chi connectivity index (χ3n) is 1.06. The molecule has 0 aliphatic carbocycles. The molecule has 1 unspecified atom stereocenters. The van der Waals surface area contributed by atoms with Gasteiger partial charge in [-0.1, -0.05) is 12.1 Å². The van der Waals surface area contributed by atoms with E-state index in [-0.39, 0.29) is 0 Å². The van der Waals surface area contributed by atoms with Gasteiger partial charge in [0.05, 0.1) is 4.47 Å². The summed E-state index contributed by atoms with van der Waals surface area (Å²) in [7, 11) is -2.21. The average molecular weight is 220 g/mol. The lowest BCUT2D eigenvalue weighted by atomic mass is 10.4. The van der Waals surface area contributed by atoms with E-state index in [0.29, 0.717) is 9.78 Å². The molecule has 0 heterocycles. The van der Waals surface area contributed by atoms with Crippen LogP contribution < -0.4 is 5.30 Å². The molecular weight excluding hydrogens is 215 g/mol. The number of hydrogen-bond acceptors (Lipinski definition) is 1. The first-order valence-corrected chi connectivity index (χ1v) is 4.63. The van der Waals surface area contributed by atoms with E-state index in [1.54, 1.807) is 24.3 Å². The van der Waals surface area contributed by atoms with E-state index in [2.05, 4.69) is 15.9 Å². The van der Waals surface area contributed by atoms with E-state index < -0.39 is 8.03 Å². The maximum Gasteiger partial charge on any atom is 0.547 e. The number of hydrogen-bond donors (Lipinski definition) is 1. The van der Waals surface area contributed by atoms with Crippen molar-refractivity contribution < 1.29 is 9.46 Å². The summed E-state index contributed by atoms with van der Waals surface area (Å²) in [6.45, 7) is 0. The first-order chi connectivity index (χ1) is 4.72. The molecule has 4 heteroatoms. The van der Waals surface area contributed by atoms with Crippen LogP contribution in [0.1, 0.15) is 0 Å². The fourth-order valence-corrected chi connectivity index (χ4v) is 1.82. The van der Waals surface area contributed by atoms with Crippen molar-refractivity contribution in [3.63, 3.8) is 0 Å². The fraction of sp³-hybridized carbons (Fsp3) is 0. The van der Waals surface area contributed by atoms with Crippen molar-refractivity contribution >= 4 is 29.3 Å². The summed E-state index contributed by atoms with van der Waals surface area (Å²) in [5.74, 6) is 0. The standard InChI is InChI=1S/C6H4BrO2P/c7-5-3-1-2-4-6(5)10(8)9/h1-4H/p+1. The van der Waals surface area contributed by atoms with Gasteiger partial charge in [0.15, 0.2) is 0 Å². The van der Waals surface area contributed by atoms with Crippen molar-refractivity contribution in [2.75, 3.05) is 0 Å². The minimum absolute atomic E-state index is 0.442. The van der Waals surface area contributed by atoms with Crippen molar-refractivity contribution in [1.29, 1.82) is 0 Å². The maximum atomic E-state index is 10.5. The van der Waals surface area contributed by atoms with E-state index in [9.17, 15) is 4.57 Å². The molecule has 0 aromatic heterocycles. The van der Waals surface area contributed by atoms with E-state index in [1.165, 1.54) is 0 Å². The fourth-order valence-electron chi connectivity index (χ4n) is 0.607. The summed E-state index contributed by atoms with van der Waals surface area (Å²) in [5, 5.41) is 0.442. The van der Waals surface area contributed by atoms with Gasteiger partial charge < -0.3 is 0 Å². The van der Waals surface area contributed by atoms with Crippen molar-refractivity contribution in [2.45, 2.75) is 0 Å². The Kier molecular flexibility index (Phi) is 2.55. The average Bonchev–Trinajstić information content (AvgIpc) is 1.88. The quantitative estimate of drug-likeness (QED) is 0.732. The second-order valence-corrected chi connectivity index (χ2v) is 3.61. The molecule has 2 nitrogen and oxygen atoms in total. The van der Waals surface area contributed by atoms with Crippen LogP contribution in [0.15, 0.2) is 28.7 Å². The Bertz CT molecular complexity index is 262. The van der Waals surface area contributed by atoms with Crippen LogP contribution in [0.3, 0.4) is 0 Å². The summed E-state index contributed by atoms with van der Waals surface area (Å²) < 4.78 is 11.2. The van der Waals surface area contributed by atoms with Crippen molar-refractivity contribution in [1.82, 2.24) is 0 Å². The molecule has 0 aliphatic rings. The zero-order valence-corrected chi connectivity index (χ0v) is 7.47. The second kappa shape index (κ2) is 3.24. The molecule has 0 saturated heterocycles. The Labute approximate surface area is 67.9 Å². The molecule has 0 aliphatic heterocycles. The Morgan fingerprint density at radius 3 is 2.40 bits per heavy atom. The lowest BCUT2D eigenvalue weighted by molar-refractivity contribution is 0.513. The van der Waals surface area contributed by atoms with Crippen LogP contribution in [0.5, 0.6) is 0 Å². The van der Waals surface area contributed by atoms with Gasteiger partial charge in [0, 0.05) is 0 Å². The van der Waals surface area contributed by atoms with E-state index in [0.717, 1.165) is 0 Å². The highest BCUT2D eigenvalue weighted by molar-refractivity contribution is 9.10. The van der Waals surface area contributed by atoms with Crippen molar-refractivity contribution in [3.8, 4) is 0 Å². The Hall–Kier alpha value is -0.240. The second-order valence-electron chi connectivity index (χ2n) is 1.72. The van der Waals surface area contributed by atoms with Gasteiger partial charge in [0.1, 0.15) is 0 Å². The summed E-state index contributed by atoms with van der Waals surface area (Å²) >= 11 is 3.15. The molecule has 1 N–H and O–H groups in total. The summed E-state index contributed by atoms with van der Waals surface area (Å²) in [4.78, 5) is 8.68. The number of rotatable bonds is 1. The predicted molar refractivity (Wildman–Crippen MR) is 43.6 cm³/mol. The Balaban J connectivity index is 3.15. The molecule has 0 amide bonds. The maximum absolute atomic E-state index is 10.5. The zero-order chi connectivity index (χ0) is 7.56. The van der Waals surface area contributed by atoms with Gasteiger partial charge in [-0.15, -0.1) is 0 Å². The molecular formula is C6H5BrO2P+. The molecule has 1 atom stereocenters. The van der Waals surface area contributed by atoms with Crippen LogP contribution in [-0.4, -0.2) is 4.89 Å². The van der Waals surface area contributed by atoms with Gasteiger partial charge in [-0.2, -0.15) is 4.89 Å². The molecule has 1 rings (SSSR count). The lowest BCUT2D eigenvalue weighted by Gasteiger charge is -1.85. The molecule has 0 spiro atoms. The van der Waals surface area contributed by atoms with E-state index in [1.807, 2.05) is 0 Å². The van der Waals surface area contributed by atoms with Gasteiger partial charge in [0.2, 0.25) is 5.30 Å². The number of halogens is 1. The van der Waals surface area contributed by atoms with Gasteiger partial charge in [-0.05, 0) is 32.6 Å². The zero-order valence-electron chi connectivity index (χ0n) is 4.99. The normalized spacial score (nSPS) is 11.2. The molecule has 0 radical (unpaired) electrons. The number of benzene rings is 1.